The SMILES string of the molecule is COCCSc1nnc(C)n1-c1cccc(NC(C)=O)c1. The van der Waals surface area contributed by atoms with Crippen LogP contribution in [0.15, 0.2) is 29.4 Å². The van der Waals surface area contributed by atoms with E-state index in [4.69, 9.17) is 4.74 Å². The third-order valence-electron chi connectivity index (χ3n) is 2.74. The molecule has 0 spiro atoms. The highest BCUT2D eigenvalue weighted by Gasteiger charge is 2.11. The fourth-order valence-electron chi connectivity index (χ4n) is 1.88. The molecule has 0 aliphatic rings. The number of aryl methyl sites for hydroxylation is 1. The van der Waals surface area contributed by atoms with Gasteiger partial charge in [-0.2, -0.15) is 0 Å². The van der Waals surface area contributed by atoms with Gasteiger partial charge in [0, 0.05) is 25.5 Å². The van der Waals surface area contributed by atoms with Gasteiger partial charge < -0.3 is 10.1 Å². The maximum absolute atomic E-state index is 11.2. The summed E-state index contributed by atoms with van der Waals surface area (Å²) in [6.45, 7) is 4.05. The van der Waals surface area contributed by atoms with Crippen LogP contribution in [0.5, 0.6) is 0 Å². The summed E-state index contributed by atoms with van der Waals surface area (Å²) in [6.07, 6.45) is 0. The number of ether oxygens (including phenoxy) is 1. The lowest BCUT2D eigenvalue weighted by Gasteiger charge is -2.10. The molecule has 0 atom stereocenters. The molecule has 0 saturated carbocycles. The second kappa shape index (κ2) is 7.24. The van der Waals surface area contributed by atoms with E-state index in [2.05, 4.69) is 15.5 Å². The summed E-state index contributed by atoms with van der Waals surface area (Å²) < 4.78 is 7.02. The molecule has 21 heavy (non-hydrogen) atoms. The highest BCUT2D eigenvalue weighted by atomic mass is 32.2. The predicted molar refractivity (Wildman–Crippen MR) is 83.0 cm³/mol. The fourth-order valence-corrected chi connectivity index (χ4v) is 2.77. The van der Waals surface area contributed by atoms with Crippen molar-refractivity contribution in [3.05, 3.63) is 30.1 Å². The van der Waals surface area contributed by atoms with E-state index in [0.29, 0.717) is 6.61 Å². The van der Waals surface area contributed by atoms with Crippen molar-refractivity contribution >= 4 is 23.4 Å². The lowest BCUT2D eigenvalue weighted by molar-refractivity contribution is -0.114. The van der Waals surface area contributed by atoms with Crippen LogP contribution in [-0.2, 0) is 9.53 Å². The van der Waals surface area contributed by atoms with Gasteiger partial charge >= 0.3 is 0 Å². The van der Waals surface area contributed by atoms with E-state index >= 15 is 0 Å². The molecule has 1 aromatic carbocycles. The largest absolute Gasteiger partial charge is 0.384 e. The average molecular weight is 306 g/mol. The number of hydrogen-bond donors (Lipinski definition) is 1. The van der Waals surface area contributed by atoms with E-state index in [1.807, 2.05) is 35.8 Å². The molecule has 1 amide bonds. The van der Waals surface area contributed by atoms with Gasteiger partial charge in [-0.25, -0.2) is 0 Å². The van der Waals surface area contributed by atoms with Crippen molar-refractivity contribution in [1.29, 1.82) is 0 Å². The summed E-state index contributed by atoms with van der Waals surface area (Å²) in [6, 6.07) is 7.60. The second-order valence-corrected chi connectivity index (χ2v) is 5.50. The van der Waals surface area contributed by atoms with Crippen LogP contribution in [0.2, 0.25) is 0 Å². The van der Waals surface area contributed by atoms with Gasteiger partial charge in [0.05, 0.1) is 12.3 Å². The number of anilines is 1. The quantitative estimate of drug-likeness (QED) is 0.655. The Morgan fingerprint density at radius 2 is 2.24 bits per heavy atom. The first kappa shape index (κ1) is 15.5. The zero-order valence-corrected chi connectivity index (χ0v) is 13.1. The van der Waals surface area contributed by atoms with Crippen molar-refractivity contribution in [3.8, 4) is 5.69 Å². The van der Waals surface area contributed by atoms with Crippen LogP contribution in [0.3, 0.4) is 0 Å². The van der Waals surface area contributed by atoms with Gasteiger partial charge in [0.15, 0.2) is 5.16 Å². The number of aromatic nitrogens is 3. The van der Waals surface area contributed by atoms with E-state index < -0.39 is 0 Å². The number of carbonyl (C=O) groups is 1. The Morgan fingerprint density at radius 3 is 2.95 bits per heavy atom. The molecule has 0 saturated heterocycles. The monoisotopic (exact) mass is 306 g/mol. The van der Waals surface area contributed by atoms with E-state index in [1.165, 1.54) is 6.92 Å². The molecule has 0 fully saturated rings. The Labute approximate surface area is 127 Å². The fraction of sp³-hybridized carbons (Fsp3) is 0.357. The molecule has 1 heterocycles. The summed E-state index contributed by atoms with van der Waals surface area (Å²) in [5.41, 5.74) is 1.67. The van der Waals surface area contributed by atoms with Crippen LogP contribution in [0, 0.1) is 6.92 Å². The van der Waals surface area contributed by atoms with Crippen LogP contribution < -0.4 is 5.32 Å². The molecule has 2 rings (SSSR count). The summed E-state index contributed by atoms with van der Waals surface area (Å²) >= 11 is 1.58. The maximum Gasteiger partial charge on any atom is 0.221 e. The molecule has 6 nitrogen and oxygen atoms in total. The lowest BCUT2D eigenvalue weighted by Crippen LogP contribution is -2.07. The number of carbonyl (C=O) groups excluding carboxylic acids is 1. The second-order valence-electron chi connectivity index (χ2n) is 4.44. The van der Waals surface area contributed by atoms with Gasteiger partial charge in [-0.3, -0.25) is 9.36 Å². The number of hydrogen-bond acceptors (Lipinski definition) is 5. The van der Waals surface area contributed by atoms with Gasteiger partial charge in [0.1, 0.15) is 5.82 Å². The average Bonchev–Trinajstić information content (AvgIpc) is 2.80. The van der Waals surface area contributed by atoms with Crippen LogP contribution >= 0.6 is 11.8 Å². The molecule has 2 aromatic rings. The highest BCUT2D eigenvalue weighted by Crippen LogP contribution is 2.23. The molecule has 1 N–H and O–H groups in total. The molecule has 1 aromatic heterocycles. The van der Waals surface area contributed by atoms with Gasteiger partial charge in [-0.1, -0.05) is 17.8 Å². The van der Waals surface area contributed by atoms with Crippen LogP contribution in [-0.4, -0.2) is 40.1 Å². The molecular weight excluding hydrogens is 288 g/mol. The van der Waals surface area contributed by atoms with Crippen LogP contribution in [0.1, 0.15) is 12.7 Å². The van der Waals surface area contributed by atoms with Gasteiger partial charge in [-0.15, -0.1) is 10.2 Å². The molecule has 112 valence electrons. The minimum atomic E-state index is -0.0951. The van der Waals surface area contributed by atoms with E-state index in [-0.39, 0.29) is 5.91 Å². The van der Waals surface area contributed by atoms with Crippen LogP contribution in [0.4, 0.5) is 5.69 Å². The van der Waals surface area contributed by atoms with Gasteiger partial charge in [-0.05, 0) is 25.1 Å². The van der Waals surface area contributed by atoms with Crippen molar-refractivity contribution in [1.82, 2.24) is 14.8 Å². The molecule has 0 aliphatic heterocycles. The van der Waals surface area contributed by atoms with Crippen molar-refractivity contribution in [2.75, 3.05) is 24.8 Å². The zero-order chi connectivity index (χ0) is 15.2. The summed E-state index contributed by atoms with van der Waals surface area (Å²) in [5.74, 6) is 1.51. The van der Waals surface area contributed by atoms with Crippen molar-refractivity contribution in [2.24, 2.45) is 0 Å². The standard InChI is InChI=1S/C14H18N4O2S/c1-10-16-17-14(21-8-7-20-3)18(10)13-6-4-5-12(9-13)15-11(2)19/h4-6,9H,7-8H2,1-3H3,(H,15,19). The number of amides is 1. The molecule has 7 heteroatoms. The number of rotatable bonds is 6. The minimum Gasteiger partial charge on any atom is -0.384 e. The van der Waals surface area contributed by atoms with Gasteiger partial charge in [0.25, 0.3) is 0 Å². The number of nitrogens with zero attached hydrogens (tertiary/aromatic N) is 3. The number of benzene rings is 1. The Hall–Kier alpha value is -1.86. The van der Waals surface area contributed by atoms with Gasteiger partial charge in [0.2, 0.25) is 5.91 Å². The predicted octanol–water partition coefficient (Wildman–Crippen LogP) is 2.27. The van der Waals surface area contributed by atoms with E-state index in [1.54, 1.807) is 18.9 Å². The third-order valence-corrected chi connectivity index (χ3v) is 3.63. The van der Waals surface area contributed by atoms with E-state index in [0.717, 1.165) is 28.1 Å². The first-order valence-electron chi connectivity index (χ1n) is 6.53. The molecule has 0 unspecified atom stereocenters. The van der Waals surface area contributed by atoms with Crippen molar-refractivity contribution in [2.45, 2.75) is 19.0 Å². The van der Waals surface area contributed by atoms with Crippen LogP contribution in [0.25, 0.3) is 5.69 Å². The molecule has 0 radical (unpaired) electrons. The van der Waals surface area contributed by atoms with Crippen molar-refractivity contribution in [3.63, 3.8) is 0 Å². The number of thioether (sulfide) groups is 1. The molecule has 0 aliphatic carbocycles. The van der Waals surface area contributed by atoms with E-state index in [9.17, 15) is 4.79 Å². The normalized spacial score (nSPS) is 10.6. The first-order valence-corrected chi connectivity index (χ1v) is 7.52. The smallest absolute Gasteiger partial charge is 0.221 e. The number of nitrogens with one attached hydrogen (secondary N) is 1. The van der Waals surface area contributed by atoms with Crippen molar-refractivity contribution < 1.29 is 9.53 Å². The topological polar surface area (TPSA) is 69.0 Å². The zero-order valence-electron chi connectivity index (χ0n) is 12.3. The summed E-state index contributed by atoms with van der Waals surface area (Å²) in [7, 11) is 1.67. The first-order chi connectivity index (χ1) is 10.1. The summed E-state index contributed by atoms with van der Waals surface area (Å²) in [5, 5.41) is 11.9. The Kier molecular flexibility index (Phi) is 5.35. The molecular formula is C14H18N4O2S. The number of methoxy groups -OCH3 is 1. The Morgan fingerprint density at radius 1 is 1.43 bits per heavy atom. The Bertz CT molecular complexity index is 627. The third kappa shape index (κ3) is 4.05. The maximum atomic E-state index is 11.2. The lowest BCUT2D eigenvalue weighted by atomic mass is 10.2. The summed E-state index contributed by atoms with van der Waals surface area (Å²) in [4.78, 5) is 11.2. The Balaban J connectivity index is 2.28. The highest BCUT2D eigenvalue weighted by molar-refractivity contribution is 7.99. The molecule has 0 bridgehead atoms. The minimum absolute atomic E-state index is 0.0951.